The van der Waals surface area contributed by atoms with Crippen LogP contribution in [0.4, 0.5) is 11.8 Å². The van der Waals surface area contributed by atoms with E-state index in [1.807, 2.05) is 43.3 Å². The molecule has 1 saturated carbocycles. The third kappa shape index (κ3) is 5.35. The number of benzene rings is 2. The summed E-state index contributed by atoms with van der Waals surface area (Å²) in [5.41, 5.74) is 1.89. The fourth-order valence-corrected chi connectivity index (χ4v) is 4.79. The maximum absolute atomic E-state index is 6.31. The third-order valence-corrected chi connectivity index (χ3v) is 6.78. The highest BCUT2D eigenvalue weighted by Crippen LogP contribution is 2.30. The van der Waals surface area contributed by atoms with E-state index in [0.717, 1.165) is 48.0 Å². The summed E-state index contributed by atoms with van der Waals surface area (Å²) in [6.07, 6.45) is 4.24. The van der Waals surface area contributed by atoms with E-state index in [1.165, 1.54) is 0 Å². The molecule has 1 fully saturated rings. The molecule has 0 unspecified atom stereocenters. The van der Waals surface area contributed by atoms with Gasteiger partial charge < -0.3 is 15.5 Å². The third-order valence-electron chi connectivity index (χ3n) is 5.72. The fraction of sp³-hybridized carbons (Fsp3) is 0.391. The van der Waals surface area contributed by atoms with Gasteiger partial charge in [-0.1, -0.05) is 46.9 Å². The van der Waals surface area contributed by atoms with Crippen LogP contribution in [0, 0.1) is 0 Å². The Bertz CT molecular complexity index is 1060. The quantitative estimate of drug-likeness (QED) is 0.415. The Balaban J connectivity index is 1.35. The van der Waals surface area contributed by atoms with E-state index in [0.29, 0.717) is 39.6 Å². The van der Waals surface area contributed by atoms with Crippen molar-refractivity contribution in [1.82, 2.24) is 15.3 Å². The summed E-state index contributed by atoms with van der Waals surface area (Å²) in [4.78, 5) is 11.5. The first-order chi connectivity index (χ1) is 14.9. The van der Waals surface area contributed by atoms with Gasteiger partial charge in [-0.05, 0) is 55.5 Å². The number of anilines is 2. The summed E-state index contributed by atoms with van der Waals surface area (Å²) in [6.45, 7) is 0.655. The number of halogens is 3. The predicted octanol–water partition coefficient (Wildman–Crippen LogP) is 6.17. The van der Waals surface area contributed by atoms with Crippen molar-refractivity contribution in [3.8, 4) is 0 Å². The Hall–Kier alpha value is -1.79. The van der Waals surface area contributed by atoms with Crippen molar-refractivity contribution in [2.24, 2.45) is 0 Å². The van der Waals surface area contributed by atoms with E-state index in [2.05, 4.69) is 16.7 Å². The summed E-state index contributed by atoms with van der Waals surface area (Å²) in [6, 6.07) is 12.4. The van der Waals surface area contributed by atoms with Crippen molar-refractivity contribution >= 4 is 57.5 Å². The summed E-state index contributed by atoms with van der Waals surface area (Å²) < 4.78 is 0. The van der Waals surface area contributed by atoms with Crippen LogP contribution in [-0.4, -0.2) is 36.1 Å². The monoisotopic (exact) mass is 477 g/mol. The SMILES string of the molecule is CN(C)c1nc(N[C@H]2CC[C@@H](NCc3cc(Cl)cc(Cl)c3Cl)CC2)nc2ccccc12. The maximum atomic E-state index is 6.31. The predicted molar refractivity (Wildman–Crippen MR) is 132 cm³/mol. The number of hydrogen-bond donors (Lipinski definition) is 2. The highest BCUT2D eigenvalue weighted by Gasteiger charge is 2.22. The van der Waals surface area contributed by atoms with Gasteiger partial charge in [0, 0.05) is 43.1 Å². The molecule has 164 valence electrons. The topological polar surface area (TPSA) is 53.1 Å². The van der Waals surface area contributed by atoms with E-state index in [4.69, 9.17) is 44.8 Å². The van der Waals surface area contributed by atoms with Crippen LogP contribution in [0.1, 0.15) is 31.2 Å². The first-order valence-corrected chi connectivity index (χ1v) is 11.6. The minimum Gasteiger partial charge on any atom is -0.362 e. The number of fused-ring (bicyclic) bond motifs is 1. The van der Waals surface area contributed by atoms with Gasteiger partial charge in [0.2, 0.25) is 5.95 Å². The minimum atomic E-state index is 0.360. The molecule has 1 aliphatic carbocycles. The normalized spacial score (nSPS) is 18.9. The second-order valence-corrected chi connectivity index (χ2v) is 9.44. The number of rotatable bonds is 6. The Labute approximate surface area is 198 Å². The molecule has 8 heteroatoms. The summed E-state index contributed by atoms with van der Waals surface area (Å²) in [7, 11) is 4.02. The molecule has 0 atom stereocenters. The van der Waals surface area contributed by atoms with Gasteiger partial charge in [0.05, 0.1) is 15.6 Å². The second-order valence-electron chi connectivity index (χ2n) is 8.22. The molecule has 4 rings (SSSR count). The molecule has 0 radical (unpaired) electrons. The molecule has 3 aromatic rings. The number of hydrogen-bond acceptors (Lipinski definition) is 5. The van der Waals surface area contributed by atoms with Gasteiger partial charge in [-0.2, -0.15) is 4.98 Å². The molecule has 0 saturated heterocycles. The molecule has 1 aliphatic rings. The van der Waals surface area contributed by atoms with Gasteiger partial charge in [-0.25, -0.2) is 4.98 Å². The average Bonchev–Trinajstić information content (AvgIpc) is 2.75. The first-order valence-electron chi connectivity index (χ1n) is 10.5. The van der Waals surface area contributed by atoms with E-state index in [1.54, 1.807) is 6.07 Å². The largest absolute Gasteiger partial charge is 0.362 e. The molecule has 0 spiro atoms. The zero-order valence-electron chi connectivity index (χ0n) is 17.6. The number of para-hydroxylation sites is 1. The second kappa shape index (κ2) is 9.78. The minimum absolute atomic E-state index is 0.360. The van der Waals surface area contributed by atoms with Crippen LogP contribution in [0.15, 0.2) is 36.4 Å². The van der Waals surface area contributed by atoms with Gasteiger partial charge in [0.15, 0.2) is 0 Å². The van der Waals surface area contributed by atoms with Crippen LogP contribution >= 0.6 is 34.8 Å². The van der Waals surface area contributed by atoms with Crippen LogP contribution in [0.25, 0.3) is 10.9 Å². The van der Waals surface area contributed by atoms with Crippen LogP contribution in [-0.2, 0) is 6.54 Å². The molecular formula is C23H26Cl3N5. The fourth-order valence-electron chi connectivity index (χ4n) is 4.08. The summed E-state index contributed by atoms with van der Waals surface area (Å²) >= 11 is 18.6. The first kappa shape index (κ1) is 22.4. The van der Waals surface area contributed by atoms with Gasteiger partial charge in [0.1, 0.15) is 5.82 Å². The molecule has 1 heterocycles. The zero-order valence-corrected chi connectivity index (χ0v) is 19.9. The van der Waals surface area contributed by atoms with Crippen LogP contribution in [0.5, 0.6) is 0 Å². The van der Waals surface area contributed by atoms with Gasteiger partial charge >= 0.3 is 0 Å². The molecule has 2 N–H and O–H groups in total. The zero-order chi connectivity index (χ0) is 22.0. The number of aromatic nitrogens is 2. The number of nitrogens with one attached hydrogen (secondary N) is 2. The summed E-state index contributed by atoms with van der Waals surface area (Å²) in [5.74, 6) is 1.62. The Morgan fingerprint density at radius 3 is 2.42 bits per heavy atom. The lowest BCUT2D eigenvalue weighted by Gasteiger charge is -2.30. The Kier molecular flexibility index (Phi) is 7.07. The standard InChI is InChI=1S/C23H26Cl3N5/c1-31(2)22-18-5-3-4-6-20(18)29-23(30-22)28-17-9-7-16(8-10-17)27-13-14-11-15(24)12-19(25)21(14)26/h3-6,11-12,16-17,27H,7-10,13H2,1-2H3,(H,28,29,30)/t16-,17+. The van der Waals surface area contributed by atoms with Gasteiger partial charge in [-0.3, -0.25) is 0 Å². The molecule has 0 amide bonds. The lowest BCUT2D eigenvalue weighted by molar-refractivity contribution is 0.352. The van der Waals surface area contributed by atoms with Crippen molar-refractivity contribution in [3.05, 3.63) is 57.0 Å². The highest BCUT2D eigenvalue weighted by atomic mass is 35.5. The molecule has 1 aromatic heterocycles. The Morgan fingerprint density at radius 1 is 0.968 bits per heavy atom. The molecule has 0 bridgehead atoms. The molecular weight excluding hydrogens is 453 g/mol. The van der Waals surface area contributed by atoms with Gasteiger partial charge in [0.25, 0.3) is 0 Å². The lowest BCUT2D eigenvalue weighted by atomic mass is 9.91. The van der Waals surface area contributed by atoms with E-state index < -0.39 is 0 Å². The Morgan fingerprint density at radius 2 is 1.68 bits per heavy atom. The average molecular weight is 479 g/mol. The van der Waals surface area contributed by atoms with Crippen molar-refractivity contribution in [2.75, 3.05) is 24.3 Å². The van der Waals surface area contributed by atoms with Crippen molar-refractivity contribution in [2.45, 2.75) is 44.3 Å². The molecule has 5 nitrogen and oxygen atoms in total. The van der Waals surface area contributed by atoms with Crippen LogP contribution in [0.2, 0.25) is 15.1 Å². The molecule has 2 aromatic carbocycles. The summed E-state index contributed by atoms with van der Waals surface area (Å²) in [5, 5.41) is 9.88. The van der Waals surface area contributed by atoms with Crippen molar-refractivity contribution < 1.29 is 0 Å². The van der Waals surface area contributed by atoms with Crippen LogP contribution < -0.4 is 15.5 Å². The smallest absolute Gasteiger partial charge is 0.225 e. The van der Waals surface area contributed by atoms with Crippen molar-refractivity contribution in [1.29, 1.82) is 0 Å². The maximum Gasteiger partial charge on any atom is 0.225 e. The van der Waals surface area contributed by atoms with E-state index in [-0.39, 0.29) is 0 Å². The van der Waals surface area contributed by atoms with Crippen LogP contribution in [0.3, 0.4) is 0 Å². The van der Waals surface area contributed by atoms with E-state index in [9.17, 15) is 0 Å². The van der Waals surface area contributed by atoms with Gasteiger partial charge in [-0.15, -0.1) is 0 Å². The number of nitrogens with zero attached hydrogens (tertiary/aromatic N) is 3. The molecule has 0 aliphatic heterocycles. The van der Waals surface area contributed by atoms with E-state index >= 15 is 0 Å². The van der Waals surface area contributed by atoms with Crippen molar-refractivity contribution in [3.63, 3.8) is 0 Å². The highest BCUT2D eigenvalue weighted by molar-refractivity contribution is 6.43. The molecule has 31 heavy (non-hydrogen) atoms. The lowest BCUT2D eigenvalue weighted by Crippen LogP contribution is -2.37.